The predicted molar refractivity (Wildman–Crippen MR) is 110 cm³/mol. The maximum absolute atomic E-state index is 12.2. The van der Waals surface area contributed by atoms with Crippen molar-refractivity contribution in [2.45, 2.75) is 32.2 Å². The Bertz CT molecular complexity index is 450. The normalized spacial score (nSPS) is 25.2. The second kappa shape index (κ2) is 10.5. The van der Waals surface area contributed by atoms with Gasteiger partial charge >= 0.3 is 0 Å². The highest BCUT2D eigenvalue weighted by Gasteiger charge is 2.30. The van der Waals surface area contributed by atoms with Gasteiger partial charge in [-0.05, 0) is 26.2 Å². The van der Waals surface area contributed by atoms with Gasteiger partial charge in [0, 0.05) is 51.9 Å². The van der Waals surface area contributed by atoms with E-state index in [-0.39, 0.29) is 36.4 Å². The zero-order chi connectivity index (χ0) is 16.8. The van der Waals surface area contributed by atoms with Crippen LogP contribution in [0.3, 0.4) is 0 Å². The lowest BCUT2D eigenvalue weighted by Crippen LogP contribution is -2.47. The summed E-state index contributed by atoms with van der Waals surface area (Å²) in [7, 11) is 0. The number of carbonyl (C=O) groups is 1. The van der Waals surface area contributed by atoms with Crippen LogP contribution in [-0.4, -0.2) is 98.2 Å². The first kappa shape index (κ1) is 20.7. The molecule has 3 fully saturated rings. The first-order valence-electron chi connectivity index (χ1n) is 9.40. The van der Waals surface area contributed by atoms with Crippen molar-refractivity contribution in [1.82, 2.24) is 20.0 Å². The molecule has 7 nitrogen and oxygen atoms in total. The Labute approximate surface area is 168 Å². The van der Waals surface area contributed by atoms with Crippen LogP contribution in [0.2, 0.25) is 0 Å². The van der Waals surface area contributed by atoms with Crippen molar-refractivity contribution in [3.8, 4) is 0 Å². The topological polar surface area (TPSA) is 60.4 Å². The van der Waals surface area contributed by atoms with E-state index in [1.807, 2.05) is 4.90 Å². The van der Waals surface area contributed by atoms with Gasteiger partial charge in [-0.25, -0.2) is 4.99 Å². The summed E-state index contributed by atoms with van der Waals surface area (Å²) in [6.45, 7) is 10.7. The lowest BCUT2D eigenvalue weighted by atomic mass is 10.2. The fourth-order valence-electron chi connectivity index (χ4n) is 3.81. The van der Waals surface area contributed by atoms with Gasteiger partial charge in [-0.15, -0.1) is 24.0 Å². The van der Waals surface area contributed by atoms with E-state index in [1.54, 1.807) is 0 Å². The molecule has 3 heterocycles. The molecule has 3 aliphatic heterocycles. The third-order valence-electron chi connectivity index (χ3n) is 5.18. The van der Waals surface area contributed by atoms with E-state index in [2.05, 4.69) is 27.0 Å². The fraction of sp³-hybridized carbons (Fsp3) is 0.882. The monoisotopic (exact) mass is 465 g/mol. The minimum atomic E-state index is 0. The Morgan fingerprint density at radius 2 is 1.84 bits per heavy atom. The Hall–Kier alpha value is -0.610. The molecule has 0 aromatic heterocycles. The first-order chi connectivity index (χ1) is 11.8. The highest BCUT2D eigenvalue weighted by atomic mass is 127. The predicted octanol–water partition coefficient (Wildman–Crippen LogP) is 0.599. The zero-order valence-electron chi connectivity index (χ0n) is 15.3. The number of ether oxygens (including phenoxy) is 1. The maximum Gasteiger partial charge on any atom is 0.244 e. The number of guanidine groups is 1. The van der Waals surface area contributed by atoms with Gasteiger partial charge in [0.2, 0.25) is 5.91 Å². The molecule has 0 aliphatic carbocycles. The second-order valence-electron chi connectivity index (χ2n) is 6.79. The molecule has 0 radical (unpaired) electrons. The molecule has 25 heavy (non-hydrogen) atoms. The molecule has 1 unspecified atom stereocenters. The molecule has 3 aliphatic rings. The van der Waals surface area contributed by atoms with Crippen LogP contribution in [0.5, 0.6) is 0 Å². The second-order valence-corrected chi connectivity index (χ2v) is 6.79. The van der Waals surface area contributed by atoms with Crippen molar-refractivity contribution in [2.24, 2.45) is 4.99 Å². The Balaban J connectivity index is 0.00000225. The molecule has 8 heteroatoms. The number of halogens is 1. The first-order valence-corrected chi connectivity index (χ1v) is 9.40. The van der Waals surface area contributed by atoms with Crippen LogP contribution in [0.1, 0.15) is 26.2 Å². The van der Waals surface area contributed by atoms with Crippen molar-refractivity contribution in [3.63, 3.8) is 0 Å². The van der Waals surface area contributed by atoms with Gasteiger partial charge in [0.05, 0.1) is 13.2 Å². The van der Waals surface area contributed by atoms with Crippen molar-refractivity contribution < 1.29 is 9.53 Å². The van der Waals surface area contributed by atoms with Gasteiger partial charge in [-0.3, -0.25) is 9.69 Å². The quantitative estimate of drug-likeness (QED) is 0.375. The summed E-state index contributed by atoms with van der Waals surface area (Å²) in [6.07, 6.45) is 3.41. The van der Waals surface area contributed by atoms with Crippen LogP contribution >= 0.6 is 24.0 Å². The van der Waals surface area contributed by atoms with E-state index < -0.39 is 0 Å². The number of hydrogen-bond acceptors (Lipinski definition) is 4. The number of hydrogen-bond donors (Lipinski definition) is 1. The van der Waals surface area contributed by atoms with Crippen molar-refractivity contribution >= 4 is 35.8 Å². The van der Waals surface area contributed by atoms with Crippen molar-refractivity contribution in [1.29, 1.82) is 0 Å². The van der Waals surface area contributed by atoms with E-state index in [9.17, 15) is 4.79 Å². The minimum Gasteiger partial charge on any atom is -0.379 e. The highest BCUT2D eigenvalue weighted by molar-refractivity contribution is 14.0. The summed E-state index contributed by atoms with van der Waals surface area (Å²) in [5.41, 5.74) is 0. The average Bonchev–Trinajstić information content (AvgIpc) is 3.30. The van der Waals surface area contributed by atoms with Crippen LogP contribution in [0.4, 0.5) is 0 Å². The van der Waals surface area contributed by atoms with E-state index >= 15 is 0 Å². The summed E-state index contributed by atoms with van der Waals surface area (Å²) in [6, 6.07) is 0.576. The summed E-state index contributed by atoms with van der Waals surface area (Å²) in [4.78, 5) is 23.6. The third kappa shape index (κ3) is 5.68. The minimum absolute atomic E-state index is 0. The van der Waals surface area contributed by atoms with Gasteiger partial charge in [0.25, 0.3) is 0 Å². The van der Waals surface area contributed by atoms with Gasteiger partial charge in [0.1, 0.15) is 6.54 Å². The molecule has 3 saturated heterocycles. The van der Waals surface area contributed by atoms with Crippen LogP contribution in [-0.2, 0) is 9.53 Å². The molecule has 0 aromatic rings. The summed E-state index contributed by atoms with van der Waals surface area (Å²) in [5, 5.41) is 3.36. The van der Waals surface area contributed by atoms with Gasteiger partial charge in [0.15, 0.2) is 5.96 Å². The summed E-state index contributed by atoms with van der Waals surface area (Å²) >= 11 is 0. The lowest BCUT2D eigenvalue weighted by molar-refractivity contribution is -0.128. The third-order valence-corrected chi connectivity index (χ3v) is 5.18. The number of amides is 1. The van der Waals surface area contributed by atoms with Crippen LogP contribution in [0.25, 0.3) is 0 Å². The van der Waals surface area contributed by atoms with Crippen molar-refractivity contribution in [3.05, 3.63) is 0 Å². The summed E-state index contributed by atoms with van der Waals surface area (Å²) in [5.74, 6) is 1.05. The van der Waals surface area contributed by atoms with Crippen LogP contribution in [0, 0.1) is 0 Å². The average molecular weight is 465 g/mol. The van der Waals surface area contributed by atoms with Gasteiger partial charge in [-0.2, -0.15) is 0 Å². The molecular formula is C17H32IN5O2. The van der Waals surface area contributed by atoms with E-state index in [0.717, 1.165) is 84.2 Å². The number of nitrogens with one attached hydrogen (secondary N) is 1. The maximum atomic E-state index is 12.2. The molecule has 1 atom stereocenters. The molecule has 3 rings (SSSR count). The molecule has 0 bridgehead atoms. The molecule has 0 spiro atoms. The molecule has 0 saturated carbocycles. The van der Waals surface area contributed by atoms with Crippen LogP contribution in [0.15, 0.2) is 4.99 Å². The Morgan fingerprint density at radius 3 is 2.52 bits per heavy atom. The van der Waals surface area contributed by atoms with Crippen molar-refractivity contribution in [2.75, 3.05) is 65.6 Å². The molecule has 1 N–H and O–H groups in total. The van der Waals surface area contributed by atoms with Crippen LogP contribution < -0.4 is 5.32 Å². The SMILES string of the molecule is CCNC(=NCC(=O)N1CCCC1)N1CCC(N2CCOCC2)C1.I. The molecular weight excluding hydrogens is 433 g/mol. The van der Waals surface area contributed by atoms with Gasteiger partial charge < -0.3 is 19.9 Å². The number of likely N-dealkylation sites (tertiary alicyclic amines) is 2. The fourth-order valence-corrected chi connectivity index (χ4v) is 3.81. The zero-order valence-corrected chi connectivity index (χ0v) is 17.6. The number of carbonyl (C=O) groups excluding carboxylic acids is 1. The summed E-state index contributed by atoms with van der Waals surface area (Å²) < 4.78 is 5.45. The lowest BCUT2D eigenvalue weighted by Gasteiger charge is -2.32. The largest absolute Gasteiger partial charge is 0.379 e. The van der Waals surface area contributed by atoms with E-state index in [1.165, 1.54) is 0 Å². The molecule has 144 valence electrons. The number of aliphatic imine (C=N–C) groups is 1. The number of nitrogens with zero attached hydrogens (tertiary/aromatic N) is 4. The standard InChI is InChI=1S/C17H31N5O2.HI/c1-2-18-17(19-13-16(23)21-6-3-4-7-21)22-8-5-15(14-22)20-9-11-24-12-10-20;/h15H,2-14H2,1H3,(H,18,19);1H. The molecule has 0 aromatic carbocycles. The molecule has 1 amide bonds. The number of rotatable bonds is 4. The Kier molecular flexibility index (Phi) is 8.71. The van der Waals surface area contributed by atoms with E-state index in [4.69, 9.17) is 4.74 Å². The van der Waals surface area contributed by atoms with Gasteiger partial charge in [-0.1, -0.05) is 0 Å². The smallest absolute Gasteiger partial charge is 0.244 e. The Morgan fingerprint density at radius 1 is 1.12 bits per heavy atom. The van der Waals surface area contributed by atoms with E-state index in [0.29, 0.717) is 6.04 Å². The highest BCUT2D eigenvalue weighted by Crippen LogP contribution is 2.17. The number of morpholine rings is 1.